The molecule has 0 amide bonds. The Bertz CT molecular complexity index is 1170. The number of carbonyl (C=O) groups is 1. The van der Waals surface area contributed by atoms with E-state index < -0.39 is 0 Å². The highest BCUT2D eigenvalue weighted by atomic mass is 35.5. The van der Waals surface area contributed by atoms with Crippen molar-refractivity contribution in [1.82, 2.24) is 4.98 Å². The number of hydrogen-bond acceptors (Lipinski definition) is 5. The van der Waals surface area contributed by atoms with Gasteiger partial charge in [-0.05, 0) is 67.2 Å². The van der Waals surface area contributed by atoms with Gasteiger partial charge < -0.3 is 5.32 Å². The van der Waals surface area contributed by atoms with E-state index in [1.807, 2.05) is 43.3 Å². The molecule has 1 aromatic heterocycles. The third-order valence-corrected chi connectivity index (χ3v) is 6.83. The van der Waals surface area contributed by atoms with Gasteiger partial charge in [0, 0.05) is 26.9 Å². The summed E-state index contributed by atoms with van der Waals surface area (Å²) in [5.74, 6) is 0. The topological polar surface area (TPSA) is 42.0 Å². The minimum Gasteiger partial charge on any atom is -0.345 e. The maximum Gasteiger partial charge on any atom is 0.225 e. The molecule has 4 aromatic rings. The molecule has 150 valence electrons. The van der Waals surface area contributed by atoms with Crippen molar-refractivity contribution >= 4 is 62.1 Å². The van der Waals surface area contributed by atoms with Crippen LogP contribution in [0.1, 0.15) is 15.9 Å². The molecule has 1 N–H and O–H groups in total. The summed E-state index contributed by atoms with van der Waals surface area (Å²) in [6.45, 7) is 2.05. The Morgan fingerprint density at radius 2 is 1.50 bits per heavy atom. The number of aromatic nitrogens is 1. The molecule has 0 aliphatic heterocycles. The Morgan fingerprint density at radius 3 is 2.13 bits per heavy atom. The van der Waals surface area contributed by atoms with Crippen LogP contribution in [0.15, 0.2) is 77.8 Å². The Balaban J connectivity index is 1.67. The monoisotopic (exact) mass is 470 g/mol. The van der Waals surface area contributed by atoms with Crippen LogP contribution < -0.4 is 5.32 Å². The first-order chi connectivity index (χ1) is 14.5. The van der Waals surface area contributed by atoms with E-state index in [1.165, 1.54) is 16.9 Å². The molecule has 0 saturated heterocycles. The number of thioether (sulfide) groups is 1. The second kappa shape index (κ2) is 9.23. The molecular weight excluding hydrogens is 455 g/mol. The lowest BCUT2D eigenvalue weighted by molar-refractivity contribution is 0.108. The van der Waals surface area contributed by atoms with E-state index in [2.05, 4.69) is 17.4 Å². The fraction of sp³-hybridized carbons (Fsp3) is 0.0435. The molecule has 0 atom stereocenters. The lowest BCUT2D eigenvalue weighted by atomic mass is 10.2. The maximum atomic E-state index is 12.8. The average Bonchev–Trinajstić information content (AvgIpc) is 3.13. The van der Waals surface area contributed by atoms with Crippen LogP contribution in [0.3, 0.4) is 0 Å². The number of halogens is 2. The number of nitrogens with zero attached hydrogens (tertiary/aromatic N) is 1. The summed E-state index contributed by atoms with van der Waals surface area (Å²) in [6, 6.07) is 22.5. The minimum absolute atomic E-state index is 0.0911. The van der Waals surface area contributed by atoms with Gasteiger partial charge in [0.2, 0.25) is 5.12 Å². The number of anilines is 2. The molecule has 0 aliphatic carbocycles. The molecule has 0 unspecified atom stereocenters. The standard InChI is InChI=1S/C23H16Cl2N2OS2/c1-14-2-4-15(5-3-14)20-27-22(30-23(28)16-6-8-17(24)9-7-16)21(29-20)26-19-12-10-18(25)11-13-19/h2-13,26H,1H3. The van der Waals surface area contributed by atoms with Gasteiger partial charge in [0.25, 0.3) is 0 Å². The predicted octanol–water partition coefficient (Wildman–Crippen LogP) is 8.10. The highest BCUT2D eigenvalue weighted by Crippen LogP contribution is 2.40. The summed E-state index contributed by atoms with van der Waals surface area (Å²) in [7, 11) is 0. The minimum atomic E-state index is -0.0911. The van der Waals surface area contributed by atoms with Crippen LogP contribution in [0.2, 0.25) is 10.0 Å². The van der Waals surface area contributed by atoms with Crippen LogP contribution in [0.5, 0.6) is 0 Å². The van der Waals surface area contributed by atoms with Crippen molar-refractivity contribution in [1.29, 1.82) is 0 Å². The molecule has 3 nitrogen and oxygen atoms in total. The van der Waals surface area contributed by atoms with E-state index in [4.69, 9.17) is 28.2 Å². The molecule has 0 fully saturated rings. The zero-order chi connectivity index (χ0) is 21.1. The fourth-order valence-corrected chi connectivity index (χ4v) is 4.83. The van der Waals surface area contributed by atoms with Crippen molar-refractivity contribution in [3.8, 4) is 10.6 Å². The summed E-state index contributed by atoms with van der Waals surface area (Å²) in [5.41, 5.74) is 3.64. The predicted molar refractivity (Wildman–Crippen MR) is 129 cm³/mol. The molecular formula is C23H16Cl2N2OS2. The van der Waals surface area contributed by atoms with Crippen molar-refractivity contribution in [2.24, 2.45) is 0 Å². The van der Waals surface area contributed by atoms with Crippen LogP contribution in [-0.2, 0) is 0 Å². The molecule has 4 rings (SSSR count). The van der Waals surface area contributed by atoms with E-state index in [9.17, 15) is 4.79 Å². The highest BCUT2D eigenvalue weighted by molar-refractivity contribution is 8.14. The fourth-order valence-electron chi connectivity index (χ4n) is 2.67. The lowest BCUT2D eigenvalue weighted by Gasteiger charge is -2.06. The number of thiazole rings is 1. The first-order valence-electron chi connectivity index (χ1n) is 9.06. The molecule has 0 radical (unpaired) electrons. The van der Waals surface area contributed by atoms with Gasteiger partial charge in [-0.2, -0.15) is 0 Å². The zero-order valence-corrected chi connectivity index (χ0v) is 19.0. The number of rotatable bonds is 5. The van der Waals surface area contributed by atoms with E-state index in [1.54, 1.807) is 24.3 Å². The Hall–Kier alpha value is -2.31. The second-order valence-corrected chi connectivity index (χ2v) is 9.38. The lowest BCUT2D eigenvalue weighted by Crippen LogP contribution is -1.95. The van der Waals surface area contributed by atoms with Crippen LogP contribution >= 0.6 is 46.3 Å². The SMILES string of the molecule is Cc1ccc(-c2nc(SC(=O)c3ccc(Cl)cc3)c(Nc3ccc(Cl)cc3)s2)cc1. The number of nitrogens with one attached hydrogen (secondary N) is 1. The van der Waals surface area contributed by atoms with Crippen LogP contribution in [0, 0.1) is 6.92 Å². The van der Waals surface area contributed by atoms with Crippen molar-refractivity contribution in [2.75, 3.05) is 5.32 Å². The van der Waals surface area contributed by atoms with Crippen LogP contribution in [-0.4, -0.2) is 10.1 Å². The molecule has 1 heterocycles. The molecule has 0 aliphatic rings. The first-order valence-corrected chi connectivity index (χ1v) is 11.4. The number of aryl methyl sites for hydroxylation is 1. The molecule has 3 aromatic carbocycles. The Labute approximate surface area is 193 Å². The first kappa shape index (κ1) is 20.9. The van der Waals surface area contributed by atoms with Crippen molar-refractivity contribution in [2.45, 2.75) is 11.9 Å². The van der Waals surface area contributed by atoms with Gasteiger partial charge in [-0.1, -0.05) is 64.4 Å². The molecule has 7 heteroatoms. The molecule has 0 bridgehead atoms. The normalized spacial score (nSPS) is 10.8. The van der Waals surface area contributed by atoms with Gasteiger partial charge >= 0.3 is 0 Å². The average molecular weight is 471 g/mol. The highest BCUT2D eigenvalue weighted by Gasteiger charge is 2.18. The van der Waals surface area contributed by atoms with Gasteiger partial charge in [-0.15, -0.1) is 0 Å². The van der Waals surface area contributed by atoms with E-state index in [0.717, 1.165) is 33.0 Å². The van der Waals surface area contributed by atoms with Crippen molar-refractivity contribution in [3.05, 3.63) is 94.0 Å². The summed E-state index contributed by atoms with van der Waals surface area (Å²) in [4.78, 5) is 17.6. The molecule has 0 spiro atoms. The maximum absolute atomic E-state index is 12.8. The number of benzene rings is 3. The summed E-state index contributed by atoms with van der Waals surface area (Å²) >= 11 is 14.5. The number of carbonyl (C=O) groups excluding carboxylic acids is 1. The van der Waals surface area contributed by atoms with Gasteiger partial charge in [0.1, 0.15) is 15.0 Å². The summed E-state index contributed by atoms with van der Waals surface area (Å²) < 4.78 is 0. The zero-order valence-electron chi connectivity index (χ0n) is 15.9. The van der Waals surface area contributed by atoms with E-state index in [0.29, 0.717) is 20.6 Å². The Kier molecular flexibility index (Phi) is 6.44. The van der Waals surface area contributed by atoms with Crippen molar-refractivity contribution in [3.63, 3.8) is 0 Å². The smallest absolute Gasteiger partial charge is 0.225 e. The third-order valence-electron chi connectivity index (χ3n) is 4.27. The largest absolute Gasteiger partial charge is 0.345 e. The molecule has 0 saturated carbocycles. The Morgan fingerprint density at radius 1 is 0.900 bits per heavy atom. The van der Waals surface area contributed by atoms with Gasteiger partial charge in [0.05, 0.1) is 0 Å². The van der Waals surface area contributed by atoms with Crippen LogP contribution in [0.4, 0.5) is 10.7 Å². The van der Waals surface area contributed by atoms with Gasteiger partial charge in [0.15, 0.2) is 0 Å². The third kappa shape index (κ3) is 5.05. The van der Waals surface area contributed by atoms with E-state index in [-0.39, 0.29) is 5.12 Å². The summed E-state index contributed by atoms with van der Waals surface area (Å²) in [5, 5.41) is 6.82. The van der Waals surface area contributed by atoms with Crippen molar-refractivity contribution < 1.29 is 4.79 Å². The summed E-state index contributed by atoms with van der Waals surface area (Å²) in [6.07, 6.45) is 0. The van der Waals surface area contributed by atoms with Gasteiger partial charge in [-0.25, -0.2) is 4.98 Å². The molecule has 30 heavy (non-hydrogen) atoms. The number of hydrogen-bond donors (Lipinski definition) is 1. The van der Waals surface area contributed by atoms with Gasteiger partial charge in [-0.3, -0.25) is 4.79 Å². The second-order valence-electron chi connectivity index (χ2n) is 6.55. The van der Waals surface area contributed by atoms with Crippen LogP contribution in [0.25, 0.3) is 10.6 Å². The van der Waals surface area contributed by atoms with E-state index >= 15 is 0 Å². The quantitative estimate of drug-likeness (QED) is 0.299.